The van der Waals surface area contributed by atoms with Crippen LogP contribution in [0.4, 0.5) is 14.5 Å². The molecular formula is C11H11F2N3O2S. The highest BCUT2D eigenvalue weighted by molar-refractivity contribution is 7.85. The van der Waals surface area contributed by atoms with Crippen LogP contribution in [0.2, 0.25) is 0 Å². The van der Waals surface area contributed by atoms with Crippen molar-refractivity contribution in [2.75, 3.05) is 18.0 Å². The van der Waals surface area contributed by atoms with Gasteiger partial charge in [-0.1, -0.05) is 0 Å². The van der Waals surface area contributed by atoms with Crippen LogP contribution >= 0.6 is 0 Å². The first-order chi connectivity index (χ1) is 8.95. The van der Waals surface area contributed by atoms with E-state index in [1.54, 1.807) is 0 Å². The number of carbonyl (C=O) groups is 1. The summed E-state index contributed by atoms with van der Waals surface area (Å²) < 4.78 is 38.6. The molecule has 1 rings (SSSR count). The molecule has 0 saturated heterocycles. The van der Waals surface area contributed by atoms with Gasteiger partial charge in [0.05, 0.1) is 23.3 Å². The van der Waals surface area contributed by atoms with Crippen LogP contribution < -0.4 is 11.1 Å². The number of hydrogen-bond acceptors (Lipinski definition) is 4. The smallest absolute Gasteiger partial charge is 0.233 e. The van der Waals surface area contributed by atoms with E-state index < -0.39 is 39.0 Å². The van der Waals surface area contributed by atoms with Crippen LogP contribution in [0.3, 0.4) is 0 Å². The number of nitrogens with two attached hydrogens (primary N) is 1. The number of nitrogens with one attached hydrogen (secondary N) is 1. The van der Waals surface area contributed by atoms with Crippen LogP contribution in [0.1, 0.15) is 6.42 Å². The lowest BCUT2D eigenvalue weighted by molar-refractivity contribution is -0.118. The molecule has 3 N–H and O–H groups in total. The summed E-state index contributed by atoms with van der Waals surface area (Å²) in [5.74, 6) is -3.34. The highest BCUT2D eigenvalue weighted by Crippen LogP contribution is 2.20. The minimum Gasteiger partial charge on any atom is -0.399 e. The Bertz CT molecular complexity index is 534. The fraction of sp³-hybridized carbons (Fsp3) is 0.273. The van der Waals surface area contributed by atoms with Gasteiger partial charge in [-0.25, -0.2) is 8.78 Å². The zero-order valence-corrected chi connectivity index (χ0v) is 10.6. The summed E-state index contributed by atoms with van der Waals surface area (Å²) in [5, 5.41) is 10.6. The van der Waals surface area contributed by atoms with Gasteiger partial charge in [0.25, 0.3) is 0 Å². The van der Waals surface area contributed by atoms with E-state index in [9.17, 15) is 17.8 Å². The molecular weight excluding hydrogens is 276 g/mol. The average Bonchev–Trinajstić information content (AvgIpc) is 2.27. The minimum atomic E-state index is -2.15. The molecule has 1 amide bonds. The first kappa shape index (κ1) is 15.0. The lowest BCUT2D eigenvalue weighted by atomic mass is 10.3. The molecule has 8 heteroatoms. The van der Waals surface area contributed by atoms with E-state index in [2.05, 4.69) is 5.32 Å². The predicted octanol–water partition coefficient (Wildman–Crippen LogP) is 0.684. The van der Waals surface area contributed by atoms with Crippen LogP contribution in [0.25, 0.3) is 0 Å². The van der Waals surface area contributed by atoms with Crippen molar-refractivity contribution < 1.29 is 17.8 Å². The maximum Gasteiger partial charge on any atom is 0.233 e. The summed E-state index contributed by atoms with van der Waals surface area (Å²) in [6.45, 7) is 0.0965. The molecule has 0 aliphatic carbocycles. The Morgan fingerprint density at radius 3 is 2.53 bits per heavy atom. The quantitative estimate of drug-likeness (QED) is 0.615. The molecule has 0 saturated carbocycles. The SMILES string of the molecule is N#CCCNC(=O)CS(=O)c1c(F)cc(N)cc1F. The third-order valence-corrected chi connectivity index (χ3v) is 3.44. The lowest BCUT2D eigenvalue weighted by Gasteiger charge is -2.06. The van der Waals surface area contributed by atoms with Gasteiger partial charge in [-0.05, 0) is 12.1 Å². The molecule has 0 radical (unpaired) electrons. The van der Waals surface area contributed by atoms with Crippen molar-refractivity contribution in [1.82, 2.24) is 5.32 Å². The van der Waals surface area contributed by atoms with Crippen molar-refractivity contribution in [3.8, 4) is 6.07 Å². The van der Waals surface area contributed by atoms with E-state index in [1.807, 2.05) is 6.07 Å². The van der Waals surface area contributed by atoms with Crippen LogP contribution in [-0.4, -0.2) is 22.4 Å². The normalized spacial score (nSPS) is 11.6. The largest absolute Gasteiger partial charge is 0.399 e. The zero-order chi connectivity index (χ0) is 14.4. The van der Waals surface area contributed by atoms with Crippen molar-refractivity contribution in [2.24, 2.45) is 0 Å². The first-order valence-corrected chi connectivity index (χ1v) is 6.54. The van der Waals surface area contributed by atoms with Crippen molar-refractivity contribution in [3.63, 3.8) is 0 Å². The average molecular weight is 287 g/mol. The standard InChI is InChI=1S/C11H11F2N3O2S/c12-8-4-7(15)5-9(13)11(8)19(18)6-10(17)16-3-1-2-14/h4-5H,1,3,6,15H2,(H,16,17). The molecule has 102 valence electrons. The number of halogens is 2. The van der Waals surface area contributed by atoms with Crippen LogP contribution in [-0.2, 0) is 15.6 Å². The van der Waals surface area contributed by atoms with Crippen molar-refractivity contribution in [1.29, 1.82) is 5.26 Å². The summed E-state index contributed by atoms with van der Waals surface area (Å²) in [5.41, 5.74) is 5.09. The minimum absolute atomic E-state index is 0.0965. The van der Waals surface area contributed by atoms with Gasteiger partial charge >= 0.3 is 0 Å². The fourth-order valence-electron chi connectivity index (χ4n) is 1.30. The predicted molar refractivity (Wildman–Crippen MR) is 65.3 cm³/mol. The second-order valence-electron chi connectivity index (χ2n) is 3.56. The summed E-state index contributed by atoms with van der Waals surface area (Å²) in [7, 11) is -2.15. The Kier molecular flexibility index (Phi) is 5.38. The number of nitrogen functional groups attached to an aromatic ring is 1. The second kappa shape index (κ2) is 6.80. The number of rotatable bonds is 5. The summed E-state index contributed by atoms with van der Waals surface area (Å²) in [6.07, 6.45) is 0.100. The monoisotopic (exact) mass is 287 g/mol. The van der Waals surface area contributed by atoms with Gasteiger partial charge < -0.3 is 11.1 Å². The van der Waals surface area contributed by atoms with Gasteiger partial charge in [0, 0.05) is 12.2 Å². The molecule has 0 aromatic heterocycles. The van der Waals surface area contributed by atoms with E-state index in [0.29, 0.717) is 0 Å². The van der Waals surface area contributed by atoms with Gasteiger partial charge in [-0.3, -0.25) is 9.00 Å². The summed E-state index contributed by atoms with van der Waals surface area (Å²) in [6, 6.07) is 3.48. The van der Waals surface area contributed by atoms with Crippen LogP contribution in [0.15, 0.2) is 17.0 Å². The number of nitriles is 1. The van der Waals surface area contributed by atoms with Gasteiger partial charge in [-0.2, -0.15) is 5.26 Å². The first-order valence-electron chi connectivity index (χ1n) is 5.22. The van der Waals surface area contributed by atoms with Gasteiger partial charge in [0.1, 0.15) is 22.3 Å². The molecule has 5 nitrogen and oxygen atoms in total. The van der Waals surface area contributed by atoms with Crippen molar-refractivity contribution in [3.05, 3.63) is 23.8 Å². The molecule has 0 heterocycles. The summed E-state index contributed by atoms with van der Waals surface area (Å²) in [4.78, 5) is 10.6. The summed E-state index contributed by atoms with van der Waals surface area (Å²) >= 11 is 0. The highest BCUT2D eigenvalue weighted by atomic mass is 32.2. The molecule has 0 aliphatic rings. The molecule has 1 unspecified atom stereocenters. The molecule has 0 fully saturated rings. The van der Waals surface area contributed by atoms with E-state index >= 15 is 0 Å². The van der Waals surface area contributed by atoms with Gasteiger partial charge in [-0.15, -0.1) is 0 Å². The Morgan fingerprint density at radius 2 is 2.00 bits per heavy atom. The van der Waals surface area contributed by atoms with E-state index in [4.69, 9.17) is 11.0 Å². The maximum atomic E-state index is 13.4. The van der Waals surface area contributed by atoms with Gasteiger partial charge in [0.2, 0.25) is 5.91 Å². The molecule has 0 aliphatic heterocycles. The number of nitrogens with zero attached hydrogens (tertiary/aromatic N) is 1. The Labute approximate surface area is 110 Å². The lowest BCUT2D eigenvalue weighted by Crippen LogP contribution is -2.29. The third kappa shape index (κ3) is 4.30. The van der Waals surface area contributed by atoms with E-state index in [1.165, 1.54) is 0 Å². The molecule has 19 heavy (non-hydrogen) atoms. The maximum absolute atomic E-state index is 13.4. The molecule has 0 bridgehead atoms. The Morgan fingerprint density at radius 1 is 1.42 bits per heavy atom. The molecule has 1 aromatic carbocycles. The number of anilines is 1. The number of benzene rings is 1. The van der Waals surface area contributed by atoms with E-state index in [-0.39, 0.29) is 18.7 Å². The fourth-order valence-corrected chi connectivity index (χ4v) is 2.33. The Hall–Kier alpha value is -2.01. The van der Waals surface area contributed by atoms with Crippen molar-refractivity contribution >= 4 is 22.4 Å². The molecule has 1 aromatic rings. The van der Waals surface area contributed by atoms with Crippen LogP contribution in [0, 0.1) is 23.0 Å². The third-order valence-electron chi connectivity index (χ3n) is 2.07. The topological polar surface area (TPSA) is 96.0 Å². The Balaban J connectivity index is 2.74. The number of amides is 1. The van der Waals surface area contributed by atoms with Crippen molar-refractivity contribution in [2.45, 2.75) is 11.3 Å². The zero-order valence-electron chi connectivity index (χ0n) is 9.78. The van der Waals surface area contributed by atoms with Gasteiger partial charge in [0.15, 0.2) is 0 Å². The molecule has 0 spiro atoms. The molecule has 1 atom stereocenters. The highest BCUT2D eigenvalue weighted by Gasteiger charge is 2.19. The van der Waals surface area contributed by atoms with E-state index in [0.717, 1.165) is 12.1 Å². The number of carbonyl (C=O) groups excluding carboxylic acids is 1. The number of hydrogen-bond donors (Lipinski definition) is 2. The van der Waals surface area contributed by atoms with Crippen LogP contribution in [0.5, 0.6) is 0 Å². The second-order valence-corrected chi connectivity index (χ2v) is 4.95.